The number of amides is 1. The van der Waals surface area contributed by atoms with E-state index in [0.29, 0.717) is 10.7 Å². The first-order chi connectivity index (χ1) is 10.5. The molecule has 2 aromatic rings. The fourth-order valence-electron chi connectivity index (χ4n) is 1.91. The number of benzene rings is 1. The van der Waals surface area contributed by atoms with E-state index in [-0.39, 0.29) is 11.7 Å². The van der Waals surface area contributed by atoms with E-state index in [4.69, 9.17) is 11.6 Å². The Bertz CT molecular complexity index is 677. The zero-order chi connectivity index (χ0) is 16.1. The smallest absolute Gasteiger partial charge is 0.234 e. The molecule has 0 bridgehead atoms. The first-order valence-electron chi connectivity index (χ1n) is 6.84. The number of thioether (sulfide) groups is 1. The number of hydrogen-bond acceptors (Lipinski definition) is 4. The van der Waals surface area contributed by atoms with Crippen molar-refractivity contribution in [1.82, 2.24) is 14.8 Å². The Morgan fingerprint density at radius 2 is 2.18 bits per heavy atom. The maximum absolute atomic E-state index is 12.0. The fourth-order valence-corrected chi connectivity index (χ4v) is 3.45. The van der Waals surface area contributed by atoms with E-state index < -0.39 is 0 Å². The molecule has 2 rings (SSSR count). The van der Waals surface area contributed by atoms with Crippen LogP contribution in [0.3, 0.4) is 0 Å². The first kappa shape index (κ1) is 17.3. The molecule has 5 nitrogen and oxygen atoms in total. The van der Waals surface area contributed by atoms with Crippen LogP contribution in [0.4, 0.5) is 5.69 Å². The minimum atomic E-state index is -0.127. The molecule has 0 saturated heterocycles. The van der Waals surface area contributed by atoms with Crippen LogP contribution in [0.1, 0.15) is 19.7 Å². The maximum atomic E-state index is 12.0. The van der Waals surface area contributed by atoms with Gasteiger partial charge in [-0.25, -0.2) is 0 Å². The summed E-state index contributed by atoms with van der Waals surface area (Å²) in [5, 5.41) is 12.3. The lowest BCUT2D eigenvalue weighted by atomic mass is 10.3. The molecule has 1 aromatic heterocycles. The quantitative estimate of drug-likeness (QED) is 0.740. The van der Waals surface area contributed by atoms with Gasteiger partial charge in [0.25, 0.3) is 0 Å². The van der Waals surface area contributed by atoms with Crippen molar-refractivity contribution in [1.29, 1.82) is 0 Å². The van der Waals surface area contributed by atoms with Gasteiger partial charge in [-0.05, 0) is 25.1 Å². The van der Waals surface area contributed by atoms with Gasteiger partial charge in [0.1, 0.15) is 5.82 Å². The van der Waals surface area contributed by atoms with Gasteiger partial charge in [-0.2, -0.15) is 0 Å². The van der Waals surface area contributed by atoms with Gasteiger partial charge in [0.2, 0.25) is 5.91 Å². The molecule has 1 amide bonds. The molecule has 0 fully saturated rings. The van der Waals surface area contributed by atoms with Crippen molar-refractivity contribution >= 4 is 50.9 Å². The summed E-state index contributed by atoms with van der Waals surface area (Å²) >= 11 is 10.8. The van der Waals surface area contributed by atoms with Crippen LogP contribution in [0.25, 0.3) is 0 Å². The Kier molecular flexibility index (Phi) is 6.28. The minimum absolute atomic E-state index is 0.127. The van der Waals surface area contributed by atoms with Gasteiger partial charge in [0.05, 0.1) is 16.5 Å². The standard InChI is InChI=1S/C14H16BrClN4OS/c1-3-12-18-19-14(20(12)4-2)22-8-13(21)17-11-6-5-9(15)7-10(11)16/h5-7H,3-4,8H2,1-2H3,(H,17,21). The molecule has 1 heterocycles. The number of aromatic nitrogens is 3. The predicted molar refractivity (Wildman–Crippen MR) is 93.6 cm³/mol. The minimum Gasteiger partial charge on any atom is -0.324 e. The van der Waals surface area contributed by atoms with Crippen LogP contribution in [0, 0.1) is 0 Å². The fraction of sp³-hybridized carbons (Fsp3) is 0.357. The van der Waals surface area contributed by atoms with E-state index >= 15 is 0 Å². The van der Waals surface area contributed by atoms with Crippen molar-refractivity contribution in [3.8, 4) is 0 Å². The van der Waals surface area contributed by atoms with E-state index in [2.05, 4.69) is 31.4 Å². The molecule has 0 spiro atoms. The van der Waals surface area contributed by atoms with Crippen LogP contribution in [-0.4, -0.2) is 26.4 Å². The van der Waals surface area contributed by atoms with Crippen LogP contribution in [0.2, 0.25) is 5.02 Å². The summed E-state index contributed by atoms with van der Waals surface area (Å²) < 4.78 is 2.89. The largest absolute Gasteiger partial charge is 0.324 e. The molecule has 0 unspecified atom stereocenters. The second kappa shape index (κ2) is 7.99. The summed E-state index contributed by atoms with van der Waals surface area (Å²) in [6, 6.07) is 5.33. The van der Waals surface area contributed by atoms with Crippen molar-refractivity contribution in [3.05, 3.63) is 33.5 Å². The van der Waals surface area contributed by atoms with Crippen molar-refractivity contribution in [2.75, 3.05) is 11.1 Å². The first-order valence-corrected chi connectivity index (χ1v) is 9.00. The molecule has 8 heteroatoms. The third kappa shape index (κ3) is 4.24. The molecule has 0 aliphatic rings. The van der Waals surface area contributed by atoms with Crippen molar-refractivity contribution in [2.45, 2.75) is 32.0 Å². The van der Waals surface area contributed by atoms with Crippen molar-refractivity contribution in [3.63, 3.8) is 0 Å². The molecule has 0 aliphatic carbocycles. The van der Waals surface area contributed by atoms with Gasteiger partial charge in [-0.3, -0.25) is 4.79 Å². The van der Waals surface area contributed by atoms with Gasteiger partial charge in [-0.15, -0.1) is 10.2 Å². The molecule has 22 heavy (non-hydrogen) atoms. The molecule has 1 N–H and O–H groups in total. The highest BCUT2D eigenvalue weighted by atomic mass is 79.9. The van der Waals surface area contributed by atoms with E-state index in [9.17, 15) is 4.79 Å². The van der Waals surface area contributed by atoms with Gasteiger partial charge in [0.15, 0.2) is 5.16 Å². The Morgan fingerprint density at radius 1 is 1.41 bits per heavy atom. The van der Waals surface area contributed by atoms with Gasteiger partial charge in [-0.1, -0.05) is 46.2 Å². The predicted octanol–water partition coefficient (Wildman–Crippen LogP) is 4.01. The molecule has 0 atom stereocenters. The third-order valence-electron chi connectivity index (χ3n) is 2.96. The Hall–Kier alpha value is -1.05. The zero-order valence-electron chi connectivity index (χ0n) is 12.3. The van der Waals surface area contributed by atoms with E-state index in [1.165, 1.54) is 11.8 Å². The van der Waals surface area contributed by atoms with Crippen LogP contribution in [0.15, 0.2) is 27.8 Å². The van der Waals surface area contributed by atoms with Gasteiger partial charge >= 0.3 is 0 Å². The summed E-state index contributed by atoms with van der Waals surface area (Å²) in [4.78, 5) is 12.0. The average Bonchev–Trinajstić information content (AvgIpc) is 2.90. The topological polar surface area (TPSA) is 59.8 Å². The number of rotatable bonds is 6. The Balaban J connectivity index is 1.97. The lowest BCUT2D eigenvalue weighted by Gasteiger charge is -2.08. The number of hydrogen-bond donors (Lipinski definition) is 1. The number of nitrogens with zero attached hydrogens (tertiary/aromatic N) is 3. The monoisotopic (exact) mass is 402 g/mol. The molecular weight excluding hydrogens is 388 g/mol. The van der Waals surface area contributed by atoms with Crippen molar-refractivity contribution in [2.24, 2.45) is 0 Å². The zero-order valence-corrected chi connectivity index (χ0v) is 15.4. The van der Waals surface area contributed by atoms with Crippen LogP contribution in [0.5, 0.6) is 0 Å². The number of halogens is 2. The molecule has 0 radical (unpaired) electrons. The number of carbonyl (C=O) groups is 1. The Labute approximate surface area is 147 Å². The van der Waals surface area contributed by atoms with Crippen molar-refractivity contribution < 1.29 is 4.79 Å². The molecule has 1 aromatic carbocycles. The Morgan fingerprint density at radius 3 is 2.82 bits per heavy atom. The SMILES string of the molecule is CCc1nnc(SCC(=O)Nc2ccc(Br)cc2Cl)n1CC. The lowest BCUT2D eigenvalue weighted by molar-refractivity contribution is -0.113. The number of nitrogens with one attached hydrogen (secondary N) is 1. The highest BCUT2D eigenvalue weighted by molar-refractivity contribution is 9.10. The molecule has 0 saturated carbocycles. The summed E-state index contributed by atoms with van der Waals surface area (Å²) in [5.74, 6) is 1.06. The van der Waals surface area contributed by atoms with E-state index in [1.807, 2.05) is 24.5 Å². The van der Waals surface area contributed by atoms with Crippen LogP contribution >= 0.6 is 39.3 Å². The van der Waals surface area contributed by atoms with Gasteiger partial charge in [0, 0.05) is 17.4 Å². The normalized spacial score (nSPS) is 10.7. The summed E-state index contributed by atoms with van der Waals surface area (Å²) in [6.07, 6.45) is 0.822. The van der Waals surface area contributed by atoms with E-state index in [1.54, 1.807) is 12.1 Å². The number of anilines is 1. The van der Waals surface area contributed by atoms with E-state index in [0.717, 1.165) is 28.4 Å². The summed E-state index contributed by atoms with van der Waals surface area (Å²) in [6.45, 7) is 4.86. The number of carbonyl (C=O) groups excluding carboxylic acids is 1. The van der Waals surface area contributed by atoms with Crippen LogP contribution in [-0.2, 0) is 17.8 Å². The van der Waals surface area contributed by atoms with Gasteiger partial charge < -0.3 is 9.88 Å². The third-order valence-corrected chi connectivity index (χ3v) is 4.74. The highest BCUT2D eigenvalue weighted by Crippen LogP contribution is 2.26. The second-order valence-electron chi connectivity index (χ2n) is 4.46. The number of aryl methyl sites for hydroxylation is 1. The maximum Gasteiger partial charge on any atom is 0.234 e. The van der Waals surface area contributed by atoms with Crippen LogP contribution < -0.4 is 5.32 Å². The molecule has 118 valence electrons. The molecular formula is C14H16BrClN4OS. The lowest BCUT2D eigenvalue weighted by Crippen LogP contribution is -2.15. The summed E-state index contributed by atoms with van der Waals surface area (Å²) in [7, 11) is 0. The highest BCUT2D eigenvalue weighted by Gasteiger charge is 2.12. The summed E-state index contributed by atoms with van der Waals surface area (Å²) in [5.41, 5.74) is 0.599. The molecule has 0 aliphatic heterocycles. The second-order valence-corrected chi connectivity index (χ2v) is 6.72. The average molecular weight is 404 g/mol.